The topological polar surface area (TPSA) is 49.9 Å². The maximum atomic E-state index is 12.5. The van der Waals surface area contributed by atoms with Gasteiger partial charge in [0.15, 0.2) is 0 Å². The number of amides is 2. The quantitative estimate of drug-likeness (QED) is 0.688. The first-order valence-corrected chi connectivity index (χ1v) is 6.85. The Hall–Kier alpha value is -1.47. The van der Waals surface area contributed by atoms with Crippen LogP contribution in [0.15, 0.2) is 0 Å². The molecule has 0 saturated carbocycles. The Labute approximate surface area is 121 Å². The summed E-state index contributed by atoms with van der Waals surface area (Å²) in [5.74, 6) is -1.94. The third kappa shape index (κ3) is 3.41. The fourth-order valence-electron chi connectivity index (χ4n) is 2.85. The van der Waals surface area contributed by atoms with E-state index in [2.05, 4.69) is 0 Å². The van der Waals surface area contributed by atoms with Crippen LogP contribution in [-0.2, 0) is 9.53 Å². The maximum Gasteiger partial charge on any atom is 0.471 e. The van der Waals surface area contributed by atoms with Gasteiger partial charge >= 0.3 is 18.2 Å². The second-order valence-electron chi connectivity index (χ2n) is 6.50. The Bertz CT molecular complexity index is 445. The molecule has 0 spiro atoms. The lowest BCUT2D eigenvalue weighted by Crippen LogP contribution is -2.45. The molecule has 120 valence electrons. The summed E-state index contributed by atoms with van der Waals surface area (Å²) < 4.78 is 42.6. The third-order valence-electron chi connectivity index (χ3n) is 3.71. The molecule has 2 amide bonds. The molecular weight excluding hydrogens is 289 g/mol. The van der Waals surface area contributed by atoms with Gasteiger partial charge in [0.25, 0.3) is 0 Å². The van der Waals surface area contributed by atoms with E-state index < -0.39 is 23.8 Å². The van der Waals surface area contributed by atoms with Crippen molar-refractivity contribution in [1.29, 1.82) is 0 Å². The predicted molar refractivity (Wildman–Crippen MR) is 67.5 cm³/mol. The fourth-order valence-corrected chi connectivity index (χ4v) is 2.85. The van der Waals surface area contributed by atoms with Gasteiger partial charge in [-0.2, -0.15) is 13.2 Å². The number of carbonyl (C=O) groups excluding carboxylic acids is 2. The van der Waals surface area contributed by atoms with Crippen LogP contribution < -0.4 is 0 Å². The summed E-state index contributed by atoms with van der Waals surface area (Å²) in [6, 6.07) is -0.383. The van der Waals surface area contributed by atoms with Crippen LogP contribution in [0.5, 0.6) is 0 Å². The lowest BCUT2D eigenvalue weighted by Gasteiger charge is -2.28. The first-order valence-electron chi connectivity index (χ1n) is 6.85. The molecule has 2 saturated heterocycles. The monoisotopic (exact) mass is 308 g/mol. The van der Waals surface area contributed by atoms with Crippen LogP contribution in [0.3, 0.4) is 0 Å². The van der Waals surface area contributed by atoms with Crippen molar-refractivity contribution in [3.63, 3.8) is 0 Å². The lowest BCUT2D eigenvalue weighted by atomic mass is 10.1. The molecule has 0 aromatic heterocycles. The molecule has 21 heavy (non-hydrogen) atoms. The third-order valence-corrected chi connectivity index (χ3v) is 3.71. The average molecular weight is 308 g/mol. The molecule has 2 aliphatic rings. The van der Waals surface area contributed by atoms with E-state index in [1.807, 2.05) is 0 Å². The highest BCUT2D eigenvalue weighted by molar-refractivity contribution is 5.82. The van der Waals surface area contributed by atoms with Crippen LogP contribution in [0.25, 0.3) is 0 Å². The van der Waals surface area contributed by atoms with E-state index in [4.69, 9.17) is 4.74 Å². The SMILES string of the molecule is CC(C)(C)OC(=O)N1CC[C@H]2CN(C(=O)C(F)(F)F)C[C@@H]21. The Morgan fingerprint density at radius 1 is 1.14 bits per heavy atom. The standard InChI is InChI=1S/C13H19F3N2O3/c1-12(2,3)21-11(20)18-5-4-8-6-17(7-9(8)18)10(19)13(14,15)16/h8-9H,4-7H2,1-3H3/t8-,9-/m0/s1. The number of alkyl halides is 3. The Morgan fingerprint density at radius 2 is 1.76 bits per heavy atom. The zero-order valence-electron chi connectivity index (χ0n) is 12.2. The first kappa shape index (κ1) is 15.9. The summed E-state index contributed by atoms with van der Waals surface area (Å²) >= 11 is 0. The summed E-state index contributed by atoms with van der Waals surface area (Å²) in [5, 5.41) is 0. The number of fused-ring (bicyclic) bond motifs is 1. The van der Waals surface area contributed by atoms with Crippen molar-refractivity contribution in [2.75, 3.05) is 19.6 Å². The molecule has 2 atom stereocenters. The Kier molecular flexibility index (Phi) is 3.84. The van der Waals surface area contributed by atoms with Gasteiger partial charge in [0.1, 0.15) is 5.60 Å². The van der Waals surface area contributed by atoms with Gasteiger partial charge in [-0.15, -0.1) is 0 Å². The summed E-state index contributed by atoms with van der Waals surface area (Å²) in [5.41, 5.74) is -0.657. The van der Waals surface area contributed by atoms with Crippen LogP contribution in [0.1, 0.15) is 27.2 Å². The number of halogens is 3. The van der Waals surface area contributed by atoms with Gasteiger partial charge in [0.2, 0.25) is 0 Å². The molecule has 0 aromatic rings. The van der Waals surface area contributed by atoms with Gasteiger partial charge in [-0.3, -0.25) is 4.79 Å². The van der Waals surface area contributed by atoms with E-state index in [0.717, 1.165) is 4.90 Å². The highest BCUT2D eigenvalue weighted by Gasteiger charge is 2.51. The van der Waals surface area contributed by atoms with Crippen LogP contribution in [0, 0.1) is 5.92 Å². The molecule has 2 aliphatic heterocycles. The fraction of sp³-hybridized carbons (Fsp3) is 0.846. The summed E-state index contributed by atoms with van der Waals surface area (Å²) in [4.78, 5) is 25.6. The summed E-state index contributed by atoms with van der Waals surface area (Å²) in [7, 11) is 0. The molecule has 0 aliphatic carbocycles. The van der Waals surface area contributed by atoms with Crippen molar-refractivity contribution >= 4 is 12.0 Å². The highest BCUT2D eigenvalue weighted by atomic mass is 19.4. The second-order valence-corrected chi connectivity index (χ2v) is 6.50. The zero-order chi connectivity index (χ0) is 16.0. The molecule has 0 aromatic carbocycles. The van der Waals surface area contributed by atoms with Crippen LogP contribution in [-0.4, -0.2) is 59.3 Å². The van der Waals surface area contributed by atoms with Gasteiger partial charge in [0, 0.05) is 25.6 Å². The first-order chi connectivity index (χ1) is 9.49. The predicted octanol–water partition coefficient (Wildman–Crippen LogP) is 2.02. The van der Waals surface area contributed by atoms with Crippen molar-refractivity contribution < 1.29 is 27.5 Å². The van der Waals surface area contributed by atoms with E-state index in [-0.39, 0.29) is 25.0 Å². The van der Waals surface area contributed by atoms with Gasteiger partial charge in [-0.1, -0.05) is 0 Å². The van der Waals surface area contributed by atoms with Crippen molar-refractivity contribution in [2.24, 2.45) is 5.92 Å². The number of rotatable bonds is 0. The lowest BCUT2D eigenvalue weighted by molar-refractivity contribution is -0.184. The van der Waals surface area contributed by atoms with Crippen molar-refractivity contribution in [2.45, 2.75) is 45.0 Å². The van der Waals surface area contributed by atoms with E-state index in [9.17, 15) is 22.8 Å². The number of hydrogen-bond acceptors (Lipinski definition) is 3. The minimum atomic E-state index is -4.87. The molecule has 0 radical (unpaired) electrons. The van der Waals surface area contributed by atoms with Gasteiger partial charge < -0.3 is 14.5 Å². The molecule has 5 nitrogen and oxygen atoms in total. The molecule has 8 heteroatoms. The molecule has 0 N–H and O–H groups in total. The van der Waals surface area contributed by atoms with Crippen LogP contribution in [0.4, 0.5) is 18.0 Å². The second kappa shape index (κ2) is 5.06. The largest absolute Gasteiger partial charge is 0.471 e. The van der Waals surface area contributed by atoms with Crippen LogP contribution >= 0.6 is 0 Å². The van der Waals surface area contributed by atoms with E-state index in [1.54, 1.807) is 20.8 Å². The maximum absolute atomic E-state index is 12.5. The molecule has 2 rings (SSSR count). The summed E-state index contributed by atoms with van der Waals surface area (Å²) in [6.07, 6.45) is -4.81. The van der Waals surface area contributed by atoms with Gasteiger partial charge in [-0.05, 0) is 27.2 Å². The van der Waals surface area contributed by atoms with Gasteiger partial charge in [-0.25, -0.2) is 4.79 Å². The number of hydrogen-bond donors (Lipinski definition) is 0. The van der Waals surface area contributed by atoms with Crippen molar-refractivity contribution in [3.8, 4) is 0 Å². The van der Waals surface area contributed by atoms with E-state index >= 15 is 0 Å². The minimum Gasteiger partial charge on any atom is -0.444 e. The number of carbonyl (C=O) groups is 2. The Morgan fingerprint density at radius 3 is 2.29 bits per heavy atom. The molecular formula is C13H19F3N2O3. The normalized spacial score (nSPS) is 26.0. The molecule has 2 heterocycles. The smallest absolute Gasteiger partial charge is 0.444 e. The van der Waals surface area contributed by atoms with E-state index in [0.29, 0.717) is 13.0 Å². The highest BCUT2D eigenvalue weighted by Crippen LogP contribution is 2.34. The average Bonchev–Trinajstić information content (AvgIpc) is 2.82. The summed E-state index contributed by atoms with van der Waals surface area (Å²) in [6.45, 7) is 5.61. The van der Waals surface area contributed by atoms with E-state index in [1.165, 1.54) is 4.90 Å². The zero-order valence-corrected chi connectivity index (χ0v) is 12.2. The Balaban J connectivity index is 2.02. The molecule has 2 fully saturated rings. The number of nitrogens with zero attached hydrogens (tertiary/aromatic N) is 2. The van der Waals surface area contributed by atoms with Gasteiger partial charge in [0.05, 0.1) is 6.04 Å². The number of ether oxygens (including phenoxy) is 1. The van der Waals surface area contributed by atoms with Crippen molar-refractivity contribution in [1.82, 2.24) is 9.80 Å². The molecule has 0 bridgehead atoms. The van der Waals surface area contributed by atoms with Crippen molar-refractivity contribution in [3.05, 3.63) is 0 Å². The van der Waals surface area contributed by atoms with Crippen LogP contribution in [0.2, 0.25) is 0 Å². The number of likely N-dealkylation sites (tertiary alicyclic amines) is 2. The molecule has 0 unspecified atom stereocenters. The minimum absolute atomic E-state index is 0.0440.